The molecule has 2 aliphatic heterocycles. The summed E-state index contributed by atoms with van der Waals surface area (Å²) >= 11 is 0. The van der Waals surface area contributed by atoms with Crippen LogP contribution in [-0.2, 0) is 11.8 Å². The lowest BCUT2D eigenvalue weighted by molar-refractivity contribution is -0.125. The summed E-state index contributed by atoms with van der Waals surface area (Å²) in [6.07, 6.45) is 0.825. The molecule has 1 aromatic carbocycles. The highest BCUT2D eigenvalue weighted by Crippen LogP contribution is 2.33. The normalized spacial score (nSPS) is 21.3. The number of carbonyl (C=O) groups is 2. The van der Waals surface area contributed by atoms with Crippen molar-refractivity contribution < 1.29 is 9.59 Å². The standard InChI is InChI=1S/C28H39N5O3/c1-18-12-25(34)31(4)20(3)26(18)28(36)33-16-22-14-32(15-23(22)17-33)11-10-24(21-8-6-5-7-9-21)30-27(35)19(2)13-29/h5-9,12,19,22-24H,10-11,13-17,29H2,1-4H3,(H,30,35)/t19?,22?,23?,24-/m1/s1. The molecule has 0 bridgehead atoms. The van der Waals surface area contributed by atoms with Gasteiger partial charge in [-0.2, -0.15) is 0 Å². The summed E-state index contributed by atoms with van der Waals surface area (Å²) in [4.78, 5) is 42.4. The molecule has 2 saturated heterocycles. The molecule has 36 heavy (non-hydrogen) atoms. The maximum atomic E-state index is 13.4. The van der Waals surface area contributed by atoms with Crippen LogP contribution in [0.25, 0.3) is 0 Å². The molecule has 3 N–H and O–H groups in total. The van der Waals surface area contributed by atoms with E-state index in [4.69, 9.17) is 5.73 Å². The number of nitrogens with zero attached hydrogens (tertiary/aromatic N) is 3. The molecule has 3 unspecified atom stereocenters. The molecule has 8 nitrogen and oxygen atoms in total. The topological polar surface area (TPSA) is 101 Å². The van der Waals surface area contributed by atoms with Crippen LogP contribution in [-0.4, -0.2) is 65.4 Å². The fourth-order valence-electron chi connectivity index (χ4n) is 5.63. The molecule has 2 amide bonds. The van der Waals surface area contributed by atoms with Gasteiger partial charge < -0.3 is 25.4 Å². The van der Waals surface area contributed by atoms with E-state index in [-0.39, 0.29) is 29.3 Å². The van der Waals surface area contributed by atoms with Crippen molar-refractivity contribution in [1.29, 1.82) is 0 Å². The van der Waals surface area contributed by atoms with Gasteiger partial charge in [-0.15, -0.1) is 0 Å². The average molecular weight is 494 g/mol. The van der Waals surface area contributed by atoms with Gasteiger partial charge in [-0.25, -0.2) is 0 Å². The first-order chi connectivity index (χ1) is 17.2. The number of likely N-dealkylation sites (tertiary alicyclic amines) is 2. The Bertz CT molecular complexity index is 1150. The first kappa shape index (κ1) is 26.1. The largest absolute Gasteiger partial charge is 0.349 e. The maximum Gasteiger partial charge on any atom is 0.255 e. The molecule has 1 aromatic heterocycles. The van der Waals surface area contributed by atoms with E-state index in [1.165, 1.54) is 0 Å². The number of fused-ring (bicyclic) bond motifs is 1. The zero-order valence-corrected chi connectivity index (χ0v) is 21.9. The van der Waals surface area contributed by atoms with Gasteiger partial charge >= 0.3 is 0 Å². The Morgan fingerprint density at radius 2 is 1.72 bits per heavy atom. The number of rotatable bonds is 8. The highest BCUT2D eigenvalue weighted by Gasteiger charge is 2.42. The average Bonchev–Trinajstić information content (AvgIpc) is 3.44. The Balaban J connectivity index is 1.36. The van der Waals surface area contributed by atoms with Gasteiger partial charge in [0.1, 0.15) is 0 Å². The van der Waals surface area contributed by atoms with Crippen LogP contribution < -0.4 is 16.6 Å². The number of amides is 2. The number of pyridine rings is 1. The summed E-state index contributed by atoms with van der Waals surface area (Å²) in [6.45, 7) is 10.1. The van der Waals surface area contributed by atoms with E-state index < -0.39 is 0 Å². The Morgan fingerprint density at radius 1 is 1.08 bits per heavy atom. The number of hydrogen-bond donors (Lipinski definition) is 2. The summed E-state index contributed by atoms with van der Waals surface area (Å²) in [5.41, 5.74) is 8.85. The van der Waals surface area contributed by atoms with Crippen molar-refractivity contribution in [3.63, 3.8) is 0 Å². The van der Waals surface area contributed by atoms with Crippen molar-refractivity contribution in [2.75, 3.05) is 39.3 Å². The Morgan fingerprint density at radius 3 is 2.33 bits per heavy atom. The van der Waals surface area contributed by atoms with Crippen LogP contribution in [0.1, 0.15) is 46.6 Å². The quantitative estimate of drug-likeness (QED) is 0.585. The van der Waals surface area contributed by atoms with Gasteiger partial charge in [0.2, 0.25) is 5.91 Å². The van der Waals surface area contributed by atoms with Gasteiger partial charge in [-0.3, -0.25) is 14.4 Å². The van der Waals surface area contributed by atoms with Crippen molar-refractivity contribution in [2.45, 2.75) is 33.2 Å². The Kier molecular flexibility index (Phi) is 7.95. The molecule has 2 aliphatic rings. The molecular weight excluding hydrogens is 454 g/mol. The van der Waals surface area contributed by atoms with Gasteiger partial charge in [0.05, 0.1) is 11.6 Å². The highest BCUT2D eigenvalue weighted by atomic mass is 16.2. The predicted molar refractivity (Wildman–Crippen MR) is 141 cm³/mol. The Hall–Kier alpha value is -2.97. The lowest BCUT2D eigenvalue weighted by atomic mass is 10.0. The van der Waals surface area contributed by atoms with E-state index in [1.807, 2.05) is 43.9 Å². The number of nitrogens with two attached hydrogens (primary N) is 1. The van der Waals surface area contributed by atoms with Crippen LogP contribution in [0.5, 0.6) is 0 Å². The zero-order valence-electron chi connectivity index (χ0n) is 21.9. The minimum Gasteiger partial charge on any atom is -0.349 e. The Labute approximate surface area is 213 Å². The van der Waals surface area contributed by atoms with E-state index >= 15 is 0 Å². The zero-order chi connectivity index (χ0) is 26.0. The number of aromatic nitrogens is 1. The molecule has 3 heterocycles. The third kappa shape index (κ3) is 5.39. The minimum atomic E-state index is -0.217. The molecule has 4 rings (SSSR count). The SMILES string of the molecule is Cc1cc(=O)n(C)c(C)c1C(=O)N1CC2CN(CC[C@@H](NC(=O)C(C)CN)c3ccccc3)CC2C1. The van der Waals surface area contributed by atoms with Crippen LogP contribution in [0.3, 0.4) is 0 Å². The molecular formula is C28H39N5O3. The van der Waals surface area contributed by atoms with Crippen LogP contribution in [0, 0.1) is 31.6 Å². The summed E-state index contributed by atoms with van der Waals surface area (Å²) in [6, 6.07) is 11.6. The third-order valence-electron chi connectivity index (χ3n) is 8.05. The molecule has 0 spiro atoms. The van der Waals surface area contributed by atoms with Gasteiger partial charge in [0, 0.05) is 64.0 Å². The molecule has 2 fully saturated rings. The lowest BCUT2D eigenvalue weighted by Crippen LogP contribution is -2.38. The number of hydrogen-bond acceptors (Lipinski definition) is 5. The van der Waals surface area contributed by atoms with Gasteiger partial charge in [0.25, 0.3) is 11.5 Å². The maximum absolute atomic E-state index is 13.4. The van der Waals surface area contributed by atoms with Gasteiger partial charge in [0.15, 0.2) is 0 Å². The molecule has 194 valence electrons. The molecule has 0 radical (unpaired) electrons. The van der Waals surface area contributed by atoms with Crippen LogP contribution in [0.15, 0.2) is 41.2 Å². The van der Waals surface area contributed by atoms with Crippen LogP contribution in [0.2, 0.25) is 0 Å². The predicted octanol–water partition coefficient (Wildman–Crippen LogP) is 1.85. The van der Waals surface area contributed by atoms with Gasteiger partial charge in [-0.1, -0.05) is 37.3 Å². The second-order valence-corrected chi connectivity index (χ2v) is 10.6. The summed E-state index contributed by atoms with van der Waals surface area (Å²) in [7, 11) is 1.71. The molecule has 2 aromatic rings. The van der Waals surface area contributed by atoms with Crippen molar-refractivity contribution in [3.8, 4) is 0 Å². The van der Waals surface area contributed by atoms with Crippen LogP contribution in [0.4, 0.5) is 0 Å². The lowest BCUT2D eigenvalue weighted by Gasteiger charge is -2.26. The van der Waals surface area contributed by atoms with Crippen LogP contribution >= 0.6 is 0 Å². The summed E-state index contributed by atoms with van der Waals surface area (Å²) < 4.78 is 1.55. The minimum absolute atomic E-state index is 0.0113. The fraction of sp³-hybridized carbons (Fsp3) is 0.536. The van der Waals surface area contributed by atoms with E-state index in [0.29, 0.717) is 23.9 Å². The van der Waals surface area contributed by atoms with E-state index in [1.54, 1.807) is 17.7 Å². The van der Waals surface area contributed by atoms with Crippen molar-refractivity contribution in [2.24, 2.45) is 30.5 Å². The van der Waals surface area contributed by atoms with Crippen molar-refractivity contribution in [1.82, 2.24) is 19.7 Å². The third-order valence-corrected chi connectivity index (χ3v) is 8.05. The van der Waals surface area contributed by atoms with Gasteiger partial charge in [-0.05, 0) is 43.2 Å². The van der Waals surface area contributed by atoms with Crippen molar-refractivity contribution in [3.05, 3.63) is 69.1 Å². The monoisotopic (exact) mass is 493 g/mol. The first-order valence-electron chi connectivity index (χ1n) is 12.9. The smallest absolute Gasteiger partial charge is 0.255 e. The molecule has 4 atom stereocenters. The van der Waals surface area contributed by atoms with E-state index in [2.05, 4.69) is 22.3 Å². The molecule has 8 heteroatoms. The summed E-state index contributed by atoms with van der Waals surface area (Å²) in [5.74, 6) is 0.698. The summed E-state index contributed by atoms with van der Waals surface area (Å²) in [5, 5.41) is 3.19. The molecule has 0 saturated carbocycles. The fourth-order valence-corrected chi connectivity index (χ4v) is 5.63. The van der Waals surface area contributed by atoms with E-state index in [9.17, 15) is 14.4 Å². The number of nitrogens with one attached hydrogen (secondary N) is 1. The first-order valence-corrected chi connectivity index (χ1v) is 12.9. The second-order valence-electron chi connectivity index (χ2n) is 10.6. The van der Waals surface area contributed by atoms with Crippen molar-refractivity contribution >= 4 is 11.8 Å². The molecule has 0 aliphatic carbocycles. The number of carbonyl (C=O) groups excluding carboxylic acids is 2. The number of aryl methyl sites for hydroxylation is 1. The second kappa shape index (κ2) is 11.0. The number of benzene rings is 1. The van der Waals surface area contributed by atoms with E-state index in [0.717, 1.165) is 56.0 Å². The highest BCUT2D eigenvalue weighted by molar-refractivity contribution is 5.96.